The van der Waals surface area contributed by atoms with Gasteiger partial charge in [-0.1, -0.05) is 53.3 Å². The number of hydrogen-bond donors (Lipinski definition) is 0. The Hall–Kier alpha value is -0.970. The van der Waals surface area contributed by atoms with Gasteiger partial charge in [-0.2, -0.15) is 0 Å². The van der Waals surface area contributed by atoms with Gasteiger partial charge in [-0.3, -0.25) is 0 Å². The third-order valence-electron chi connectivity index (χ3n) is 2.47. The second-order valence-electron chi connectivity index (χ2n) is 3.78. The molecular formula is C14H11NS3. The largest absolute Gasteiger partial charge is 0.229 e. The van der Waals surface area contributed by atoms with E-state index in [1.807, 2.05) is 16.9 Å². The van der Waals surface area contributed by atoms with E-state index < -0.39 is 0 Å². The molecule has 0 aliphatic carbocycles. The summed E-state index contributed by atoms with van der Waals surface area (Å²) in [6.07, 6.45) is 0. The molecule has 0 radical (unpaired) electrons. The molecule has 2 aromatic carbocycles. The molecule has 1 aromatic heterocycles. The van der Waals surface area contributed by atoms with Gasteiger partial charge in [0.1, 0.15) is 0 Å². The number of nitrogens with zero attached hydrogens (tertiary/aromatic N) is 1. The number of thiazole rings is 1. The lowest BCUT2D eigenvalue weighted by molar-refractivity contribution is 1.31. The molecule has 0 aliphatic rings. The Bertz CT molecular complexity index is 601. The van der Waals surface area contributed by atoms with Crippen LogP contribution < -0.4 is 0 Å². The van der Waals surface area contributed by atoms with Gasteiger partial charge in [0.15, 0.2) is 4.34 Å². The van der Waals surface area contributed by atoms with Crippen molar-refractivity contribution in [2.75, 3.05) is 0 Å². The quantitative estimate of drug-likeness (QED) is 0.610. The summed E-state index contributed by atoms with van der Waals surface area (Å²) in [5, 5.41) is 0. The molecule has 18 heavy (non-hydrogen) atoms. The van der Waals surface area contributed by atoms with E-state index in [1.165, 1.54) is 10.3 Å². The molecule has 0 aliphatic heterocycles. The second-order valence-corrected chi connectivity index (χ2v) is 7.35. The van der Waals surface area contributed by atoms with E-state index in [4.69, 9.17) is 0 Å². The lowest BCUT2D eigenvalue weighted by Gasteiger charge is -1.97. The Morgan fingerprint density at radius 3 is 2.56 bits per heavy atom. The van der Waals surface area contributed by atoms with Crippen molar-refractivity contribution in [3.05, 3.63) is 60.2 Å². The molecule has 3 aromatic rings. The zero-order valence-corrected chi connectivity index (χ0v) is 12.0. The SMILES string of the molecule is c1ccc(CSSc2nc3ccccc3s2)cc1. The van der Waals surface area contributed by atoms with Gasteiger partial charge in [0.05, 0.1) is 10.2 Å². The molecule has 0 unspecified atom stereocenters. The number of rotatable bonds is 4. The van der Waals surface area contributed by atoms with Gasteiger partial charge in [-0.15, -0.1) is 11.3 Å². The van der Waals surface area contributed by atoms with Gasteiger partial charge >= 0.3 is 0 Å². The van der Waals surface area contributed by atoms with E-state index in [0.29, 0.717) is 0 Å². The van der Waals surface area contributed by atoms with Gasteiger partial charge in [-0.25, -0.2) is 4.98 Å². The van der Waals surface area contributed by atoms with E-state index in [9.17, 15) is 0 Å². The first-order chi connectivity index (χ1) is 8.92. The number of hydrogen-bond acceptors (Lipinski definition) is 4. The Morgan fingerprint density at radius 2 is 1.72 bits per heavy atom. The Kier molecular flexibility index (Phi) is 3.88. The minimum Gasteiger partial charge on any atom is -0.229 e. The van der Waals surface area contributed by atoms with Crippen molar-refractivity contribution in [2.24, 2.45) is 0 Å². The molecule has 3 rings (SSSR count). The summed E-state index contributed by atoms with van der Waals surface area (Å²) in [6.45, 7) is 0. The molecule has 0 bridgehead atoms. The van der Waals surface area contributed by atoms with Crippen molar-refractivity contribution in [1.82, 2.24) is 4.98 Å². The first kappa shape index (κ1) is 12.1. The summed E-state index contributed by atoms with van der Waals surface area (Å²) < 4.78 is 2.40. The molecule has 0 amide bonds. The van der Waals surface area contributed by atoms with Gasteiger partial charge in [0.2, 0.25) is 0 Å². The molecule has 90 valence electrons. The lowest BCUT2D eigenvalue weighted by atomic mass is 10.2. The summed E-state index contributed by atoms with van der Waals surface area (Å²) in [7, 11) is 3.60. The topological polar surface area (TPSA) is 12.9 Å². The van der Waals surface area contributed by atoms with Crippen LogP contribution in [0.5, 0.6) is 0 Å². The molecule has 1 nitrogen and oxygen atoms in total. The van der Waals surface area contributed by atoms with Crippen LogP contribution in [0.4, 0.5) is 0 Å². The van der Waals surface area contributed by atoms with Crippen molar-refractivity contribution in [3.8, 4) is 0 Å². The predicted molar refractivity (Wildman–Crippen MR) is 83.2 cm³/mol. The highest BCUT2D eigenvalue weighted by atomic mass is 33.1. The molecular weight excluding hydrogens is 278 g/mol. The summed E-state index contributed by atoms with van der Waals surface area (Å²) in [6, 6.07) is 18.8. The molecule has 0 saturated carbocycles. The van der Waals surface area contributed by atoms with E-state index in [-0.39, 0.29) is 0 Å². The summed E-state index contributed by atoms with van der Waals surface area (Å²) in [4.78, 5) is 4.60. The van der Waals surface area contributed by atoms with Crippen molar-refractivity contribution < 1.29 is 0 Å². The Labute approximate surface area is 118 Å². The van der Waals surface area contributed by atoms with Crippen molar-refractivity contribution >= 4 is 43.1 Å². The highest BCUT2D eigenvalue weighted by Gasteiger charge is 2.04. The van der Waals surface area contributed by atoms with Crippen LogP contribution >= 0.6 is 32.9 Å². The second kappa shape index (κ2) is 5.78. The average Bonchev–Trinajstić information content (AvgIpc) is 2.82. The molecule has 0 atom stereocenters. The first-order valence-corrected chi connectivity index (χ1v) is 8.74. The van der Waals surface area contributed by atoms with E-state index >= 15 is 0 Å². The molecule has 0 saturated heterocycles. The van der Waals surface area contributed by atoms with Crippen molar-refractivity contribution in [1.29, 1.82) is 0 Å². The Morgan fingerprint density at radius 1 is 0.944 bits per heavy atom. The third-order valence-corrected chi connectivity index (χ3v) is 6.10. The number of aromatic nitrogens is 1. The zero-order chi connectivity index (χ0) is 12.2. The van der Waals surface area contributed by atoms with Crippen LogP contribution in [-0.4, -0.2) is 4.98 Å². The van der Waals surface area contributed by atoms with Crippen LogP contribution in [0, 0.1) is 0 Å². The van der Waals surface area contributed by atoms with Gasteiger partial charge in [-0.05, 0) is 28.5 Å². The standard InChI is InChI=1S/C14H11NS3/c1-2-6-11(7-3-1)10-16-18-14-15-12-8-4-5-9-13(12)17-14/h1-9H,10H2. The minimum atomic E-state index is 1.02. The normalized spacial score (nSPS) is 10.9. The summed E-state index contributed by atoms with van der Waals surface area (Å²) >= 11 is 1.76. The molecule has 0 spiro atoms. The van der Waals surface area contributed by atoms with Crippen LogP contribution in [-0.2, 0) is 5.75 Å². The van der Waals surface area contributed by atoms with Crippen LogP contribution in [0.15, 0.2) is 58.9 Å². The maximum Gasteiger partial charge on any atom is 0.161 e. The monoisotopic (exact) mass is 289 g/mol. The van der Waals surface area contributed by atoms with Crippen molar-refractivity contribution in [3.63, 3.8) is 0 Å². The van der Waals surface area contributed by atoms with Crippen LogP contribution in [0.1, 0.15) is 5.56 Å². The number of para-hydroxylation sites is 1. The summed E-state index contributed by atoms with van der Waals surface area (Å²) in [5.41, 5.74) is 2.46. The van der Waals surface area contributed by atoms with E-state index in [1.54, 1.807) is 22.1 Å². The Balaban J connectivity index is 1.63. The van der Waals surface area contributed by atoms with E-state index in [0.717, 1.165) is 15.6 Å². The maximum atomic E-state index is 4.60. The molecule has 4 heteroatoms. The average molecular weight is 289 g/mol. The minimum absolute atomic E-state index is 1.02. The predicted octanol–water partition coefficient (Wildman–Crippen LogP) is 5.24. The smallest absolute Gasteiger partial charge is 0.161 e. The maximum absolute atomic E-state index is 4.60. The molecule has 0 N–H and O–H groups in total. The van der Waals surface area contributed by atoms with E-state index in [2.05, 4.69) is 53.5 Å². The third kappa shape index (κ3) is 2.88. The van der Waals surface area contributed by atoms with Gasteiger partial charge in [0, 0.05) is 5.75 Å². The lowest BCUT2D eigenvalue weighted by Crippen LogP contribution is -1.75. The first-order valence-electron chi connectivity index (χ1n) is 5.61. The van der Waals surface area contributed by atoms with Crippen molar-refractivity contribution in [2.45, 2.75) is 10.1 Å². The van der Waals surface area contributed by atoms with Crippen LogP contribution in [0.25, 0.3) is 10.2 Å². The fourth-order valence-electron chi connectivity index (χ4n) is 1.61. The summed E-state index contributed by atoms with van der Waals surface area (Å²) in [5.74, 6) is 1.02. The fourth-order valence-corrected chi connectivity index (χ4v) is 5.07. The highest BCUT2D eigenvalue weighted by molar-refractivity contribution is 8.76. The fraction of sp³-hybridized carbons (Fsp3) is 0.0714. The zero-order valence-electron chi connectivity index (χ0n) is 9.58. The number of benzene rings is 2. The van der Waals surface area contributed by atoms with Crippen LogP contribution in [0.3, 0.4) is 0 Å². The van der Waals surface area contributed by atoms with Gasteiger partial charge in [0.25, 0.3) is 0 Å². The number of fused-ring (bicyclic) bond motifs is 1. The molecule has 0 fully saturated rings. The van der Waals surface area contributed by atoms with Gasteiger partial charge < -0.3 is 0 Å². The highest BCUT2D eigenvalue weighted by Crippen LogP contribution is 2.38. The molecule has 1 heterocycles. The van der Waals surface area contributed by atoms with Crippen LogP contribution in [0.2, 0.25) is 0 Å².